The van der Waals surface area contributed by atoms with Gasteiger partial charge < -0.3 is 19.3 Å². The first-order chi connectivity index (χ1) is 10.8. The topological polar surface area (TPSA) is 62.7 Å². The van der Waals surface area contributed by atoms with Gasteiger partial charge >= 0.3 is 6.09 Å². The fourth-order valence-electron chi connectivity index (χ4n) is 2.37. The van der Waals surface area contributed by atoms with Gasteiger partial charge in [-0.1, -0.05) is 6.07 Å². The fraction of sp³-hybridized carbons (Fsp3) is 0.562. The molecule has 1 atom stereocenters. The van der Waals surface area contributed by atoms with Crippen LogP contribution >= 0.6 is 0 Å². The summed E-state index contributed by atoms with van der Waals surface area (Å²) >= 11 is 0. The van der Waals surface area contributed by atoms with E-state index in [0.717, 1.165) is 6.29 Å². The van der Waals surface area contributed by atoms with E-state index in [4.69, 9.17) is 4.74 Å². The maximum Gasteiger partial charge on any atom is 0.410 e. The third kappa shape index (κ3) is 4.40. The number of alkyl halides is 1. The van der Waals surface area contributed by atoms with Gasteiger partial charge in [0, 0.05) is 24.8 Å². The Morgan fingerprint density at radius 1 is 1.43 bits per heavy atom. The van der Waals surface area contributed by atoms with Crippen molar-refractivity contribution in [1.82, 2.24) is 9.88 Å². The molecule has 1 amide bonds. The highest BCUT2D eigenvalue weighted by atomic mass is 19.1. The number of amides is 1. The summed E-state index contributed by atoms with van der Waals surface area (Å²) in [5.74, 6) is 0.600. The first-order valence-corrected chi connectivity index (χ1v) is 7.55. The van der Waals surface area contributed by atoms with Crippen LogP contribution < -0.4 is 4.90 Å². The Morgan fingerprint density at radius 2 is 2.17 bits per heavy atom. The molecule has 0 saturated carbocycles. The molecule has 1 aromatic rings. The lowest BCUT2D eigenvalue weighted by molar-refractivity contribution is -0.109. The van der Waals surface area contributed by atoms with Crippen LogP contribution in [0.2, 0.25) is 0 Å². The predicted octanol–water partition coefficient (Wildman–Crippen LogP) is 2.18. The smallest absolute Gasteiger partial charge is 0.410 e. The number of piperazine rings is 1. The van der Waals surface area contributed by atoms with E-state index in [9.17, 15) is 14.0 Å². The third-order valence-electron chi connectivity index (χ3n) is 3.49. The zero-order chi connectivity index (χ0) is 17.0. The molecule has 0 spiro atoms. The monoisotopic (exact) mass is 323 g/mol. The van der Waals surface area contributed by atoms with Crippen LogP contribution in [0, 0.1) is 0 Å². The molecule has 7 heteroatoms. The van der Waals surface area contributed by atoms with Crippen LogP contribution in [-0.2, 0) is 16.2 Å². The molecule has 1 aliphatic rings. The molecule has 23 heavy (non-hydrogen) atoms. The molecule has 0 N–H and O–H groups in total. The van der Waals surface area contributed by atoms with Crippen molar-refractivity contribution in [1.29, 1.82) is 0 Å². The number of hydrogen-bond donors (Lipinski definition) is 0. The van der Waals surface area contributed by atoms with Crippen molar-refractivity contribution < 1.29 is 18.7 Å². The van der Waals surface area contributed by atoms with Gasteiger partial charge in [0.25, 0.3) is 0 Å². The van der Waals surface area contributed by atoms with Crippen molar-refractivity contribution in [2.24, 2.45) is 0 Å². The standard InChI is InChI=1S/C16H22FN3O3/c1-16(2,3)23-15(22)19-6-7-20(13(10-19)11-21)14-5-4-12(8-17)9-18-14/h4-5,9,11,13H,6-8,10H2,1-3H3/t13-/m1/s1. The number of carbonyl (C=O) groups excluding carboxylic acids is 2. The number of halogens is 1. The van der Waals surface area contributed by atoms with Crippen LogP contribution in [-0.4, -0.2) is 53.5 Å². The van der Waals surface area contributed by atoms with E-state index in [1.54, 1.807) is 32.9 Å². The summed E-state index contributed by atoms with van der Waals surface area (Å²) < 4.78 is 17.9. The van der Waals surface area contributed by atoms with Gasteiger partial charge in [-0.05, 0) is 26.8 Å². The first-order valence-electron chi connectivity index (χ1n) is 7.55. The maximum absolute atomic E-state index is 12.5. The molecule has 0 aromatic carbocycles. The van der Waals surface area contributed by atoms with E-state index in [1.807, 2.05) is 4.90 Å². The molecule has 2 rings (SSSR count). The van der Waals surface area contributed by atoms with E-state index in [0.29, 0.717) is 24.5 Å². The average molecular weight is 323 g/mol. The minimum Gasteiger partial charge on any atom is -0.444 e. The van der Waals surface area contributed by atoms with Gasteiger partial charge in [0.1, 0.15) is 30.4 Å². The molecule has 0 radical (unpaired) electrons. The molecule has 6 nitrogen and oxygen atoms in total. The van der Waals surface area contributed by atoms with Crippen molar-refractivity contribution in [2.75, 3.05) is 24.5 Å². The van der Waals surface area contributed by atoms with Gasteiger partial charge in [0.2, 0.25) is 0 Å². The number of ether oxygens (including phenoxy) is 1. The summed E-state index contributed by atoms with van der Waals surface area (Å²) in [5, 5.41) is 0. The SMILES string of the molecule is CC(C)(C)OC(=O)N1CCN(c2ccc(CF)cn2)[C@@H](C=O)C1. The Bertz CT molecular complexity index is 557. The van der Waals surface area contributed by atoms with E-state index < -0.39 is 24.4 Å². The van der Waals surface area contributed by atoms with E-state index in [1.165, 1.54) is 11.1 Å². The zero-order valence-corrected chi connectivity index (χ0v) is 13.7. The van der Waals surface area contributed by atoms with Crippen LogP contribution in [0.3, 0.4) is 0 Å². The molecule has 1 saturated heterocycles. The van der Waals surface area contributed by atoms with Gasteiger partial charge in [-0.2, -0.15) is 0 Å². The lowest BCUT2D eigenvalue weighted by atomic mass is 10.1. The number of hydrogen-bond acceptors (Lipinski definition) is 5. The van der Waals surface area contributed by atoms with Crippen LogP contribution in [0.4, 0.5) is 15.0 Å². The average Bonchev–Trinajstić information content (AvgIpc) is 2.52. The second-order valence-electron chi connectivity index (χ2n) is 6.48. The van der Waals surface area contributed by atoms with Crippen molar-refractivity contribution in [3.05, 3.63) is 23.9 Å². The van der Waals surface area contributed by atoms with Crippen LogP contribution in [0.1, 0.15) is 26.3 Å². The van der Waals surface area contributed by atoms with Crippen LogP contribution in [0.25, 0.3) is 0 Å². The van der Waals surface area contributed by atoms with E-state index in [2.05, 4.69) is 4.98 Å². The number of nitrogens with zero attached hydrogens (tertiary/aromatic N) is 3. The van der Waals surface area contributed by atoms with Crippen molar-refractivity contribution in [3.8, 4) is 0 Å². The number of aldehydes is 1. The first kappa shape index (κ1) is 17.2. The van der Waals surface area contributed by atoms with Crippen molar-refractivity contribution in [3.63, 3.8) is 0 Å². The van der Waals surface area contributed by atoms with Gasteiger partial charge in [-0.15, -0.1) is 0 Å². The maximum atomic E-state index is 12.5. The van der Waals surface area contributed by atoms with Crippen molar-refractivity contribution >= 4 is 18.2 Å². The summed E-state index contributed by atoms with van der Waals surface area (Å²) in [6.07, 6.45) is 1.82. The van der Waals surface area contributed by atoms with E-state index in [-0.39, 0.29) is 6.54 Å². The third-order valence-corrected chi connectivity index (χ3v) is 3.49. The molecular weight excluding hydrogens is 301 g/mol. The molecule has 1 aliphatic heterocycles. The summed E-state index contributed by atoms with van der Waals surface area (Å²) in [6.45, 7) is 5.97. The normalized spacial score (nSPS) is 18.7. The van der Waals surface area contributed by atoms with Gasteiger partial charge in [-0.25, -0.2) is 14.2 Å². The highest BCUT2D eigenvalue weighted by molar-refractivity contribution is 5.72. The minimum absolute atomic E-state index is 0.241. The Morgan fingerprint density at radius 3 is 2.70 bits per heavy atom. The molecule has 0 unspecified atom stereocenters. The fourth-order valence-corrected chi connectivity index (χ4v) is 2.37. The molecule has 1 fully saturated rings. The molecule has 0 bridgehead atoms. The second kappa shape index (κ2) is 6.93. The molecule has 2 heterocycles. The lowest BCUT2D eigenvalue weighted by Crippen LogP contribution is -2.56. The number of aromatic nitrogens is 1. The number of carbonyl (C=O) groups is 2. The largest absolute Gasteiger partial charge is 0.444 e. The molecule has 126 valence electrons. The second-order valence-corrected chi connectivity index (χ2v) is 6.48. The van der Waals surface area contributed by atoms with E-state index >= 15 is 0 Å². The highest BCUT2D eigenvalue weighted by Gasteiger charge is 2.32. The van der Waals surface area contributed by atoms with Crippen LogP contribution in [0.5, 0.6) is 0 Å². The minimum atomic E-state index is -0.575. The number of rotatable bonds is 3. The molecular formula is C16H22FN3O3. The Hall–Kier alpha value is -2.18. The quantitative estimate of drug-likeness (QED) is 0.798. The Balaban J connectivity index is 2.06. The Kier molecular flexibility index (Phi) is 5.18. The lowest BCUT2D eigenvalue weighted by Gasteiger charge is -2.39. The van der Waals surface area contributed by atoms with Gasteiger partial charge in [0.15, 0.2) is 0 Å². The number of anilines is 1. The Labute approximate surface area is 135 Å². The predicted molar refractivity (Wildman–Crippen MR) is 84.1 cm³/mol. The summed E-state index contributed by atoms with van der Waals surface area (Å²) in [5.41, 5.74) is -0.0851. The van der Waals surface area contributed by atoms with Crippen LogP contribution in [0.15, 0.2) is 18.3 Å². The summed E-state index contributed by atoms with van der Waals surface area (Å²) in [7, 11) is 0. The molecule has 1 aromatic heterocycles. The van der Waals surface area contributed by atoms with Gasteiger partial charge in [0.05, 0.1) is 6.54 Å². The molecule has 0 aliphatic carbocycles. The van der Waals surface area contributed by atoms with Gasteiger partial charge in [-0.3, -0.25) is 0 Å². The highest BCUT2D eigenvalue weighted by Crippen LogP contribution is 2.20. The summed E-state index contributed by atoms with van der Waals surface area (Å²) in [4.78, 5) is 31.1. The summed E-state index contributed by atoms with van der Waals surface area (Å²) in [6, 6.07) is 2.83. The van der Waals surface area contributed by atoms with Crippen molar-refractivity contribution in [2.45, 2.75) is 39.1 Å². The zero-order valence-electron chi connectivity index (χ0n) is 13.7. The number of pyridine rings is 1.